The van der Waals surface area contributed by atoms with Gasteiger partial charge in [0.15, 0.2) is 0 Å². The fraction of sp³-hybridized carbons (Fsp3) is 0.0833. The minimum absolute atomic E-state index is 0. The first-order valence-electron chi connectivity index (χ1n) is 9.41. The first-order valence-corrected chi connectivity index (χ1v) is 9.41. The molecule has 0 saturated heterocycles. The largest absolute Gasteiger partial charge is 0.510 e. The Balaban J connectivity index is 0.00000181. The zero-order valence-electron chi connectivity index (χ0n) is 16.1. The van der Waals surface area contributed by atoms with Crippen LogP contribution >= 0.6 is 0 Å². The minimum atomic E-state index is 0. The summed E-state index contributed by atoms with van der Waals surface area (Å²) in [4.78, 5) is 8.71. The van der Waals surface area contributed by atoms with Crippen molar-refractivity contribution >= 4 is 28.4 Å². The van der Waals surface area contributed by atoms with Crippen molar-refractivity contribution in [1.82, 2.24) is 4.90 Å². The van der Waals surface area contributed by atoms with Gasteiger partial charge in [0.25, 0.3) is 0 Å². The van der Waals surface area contributed by atoms with Crippen LogP contribution in [0.25, 0.3) is 16.8 Å². The Labute approximate surface area is 184 Å². The summed E-state index contributed by atoms with van der Waals surface area (Å²) >= 11 is 0. The quantitative estimate of drug-likeness (QED) is 0.392. The standard InChI is InChI=1S/C24H19N4.Os/c1-25-14-24-19-8-4-3-7-18(19)20-12-11-17(13-23(20)28(24)15-25)27-16-26(2)21-9-5-6-10-22(21)27;/h3-12,14-16H,1-2H3;/q-3;. The molecule has 3 heterocycles. The molecule has 3 aliphatic rings. The van der Waals surface area contributed by atoms with E-state index in [0.717, 1.165) is 11.4 Å². The van der Waals surface area contributed by atoms with Gasteiger partial charge >= 0.3 is 0 Å². The molecule has 5 heteroatoms. The summed E-state index contributed by atoms with van der Waals surface area (Å²) in [6, 6.07) is 25.1. The third-order valence-electron chi connectivity index (χ3n) is 5.60. The molecule has 0 N–H and O–H groups in total. The molecule has 29 heavy (non-hydrogen) atoms. The van der Waals surface area contributed by atoms with Crippen molar-refractivity contribution in [1.29, 1.82) is 0 Å². The normalized spacial score (nSPS) is 16.0. The van der Waals surface area contributed by atoms with Gasteiger partial charge in [-0.1, -0.05) is 47.6 Å². The smallest absolute Gasteiger partial charge is 0.0326 e. The molecule has 0 atom stereocenters. The molecule has 0 radical (unpaired) electrons. The van der Waals surface area contributed by atoms with E-state index in [2.05, 4.69) is 120 Å². The van der Waals surface area contributed by atoms with Gasteiger partial charge in [-0.3, -0.25) is 0 Å². The molecule has 0 amide bonds. The van der Waals surface area contributed by atoms with E-state index >= 15 is 0 Å². The molecule has 0 fully saturated rings. The molecule has 4 nitrogen and oxygen atoms in total. The van der Waals surface area contributed by atoms with Crippen molar-refractivity contribution in [3.8, 4) is 11.1 Å². The predicted molar refractivity (Wildman–Crippen MR) is 115 cm³/mol. The second-order valence-electron chi connectivity index (χ2n) is 7.40. The van der Waals surface area contributed by atoms with E-state index in [9.17, 15) is 0 Å². The van der Waals surface area contributed by atoms with Crippen LogP contribution in [0.2, 0.25) is 0 Å². The summed E-state index contributed by atoms with van der Waals surface area (Å²) in [6.07, 6.45) is 2.17. The SMILES string of the molecule is CN1C=C2c3ccccc3-c3ccc(N4[CH-]N(C)c5ccccc54)[c-]c3N2[CH-]1.[Os]. The van der Waals surface area contributed by atoms with Gasteiger partial charge in [-0.2, -0.15) is 19.4 Å². The molecular formula is C24H19N4Os-3. The zero-order chi connectivity index (χ0) is 18.8. The van der Waals surface area contributed by atoms with Crippen LogP contribution in [0.5, 0.6) is 0 Å². The molecule has 0 saturated carbocycles. The Kier molecular flexibility index (Phi) is 4.19. The van der Waals surface area contributed by atoms with E-state index in [1.54, 1.807) is 0 Å². The van der Waals surface area contributed by atoms with E-state index in [0.29, 0.717) is 0 Å². The van der Waals surface area contributed by atoms with Gasteiger partial charge in [-0.15, -0.1) is 23.4 Å². The van der Waals surface area contributed by atoms with Gasteiger partial charge < -0.3 is 19.6 Å². The average molecular weight is 554 g/mol. The maximum Gasteiger partial charge on any atom is 0.0326 e. The molecular weight excluding hydrogens is 535 g/mol. The molecule has 0 spiro atoms. The Bertz CT molecular complexity index is 1140. The molecule has 0 aliphatic carbocycles. The van der Waals surface area contributed by atoms with Crippen molar-refractivity contribution in [2.45, 2.75) is 0 Å². The Morgan fingerprint density at radius 1 is 0.724 bits per heavy atom. The first-order chi connectivity index (χ1) is 13.7. The van der Waals surface area contributed by atoms with Gasteiger partial charge in [0.05, 0.1) is 0 Å². The van der Waals surface area contributed by atoms with E-state index in [1.807, 2.05) is 0 Å². The summed E-state index contributed by atoms with van der Waals surface area (Å²) in [5, 5.41) is 0. The van der Waals surface area contributed by atoms with Gasteiger partial charge in [-0.25, -0.2) is 0 Å². The van der Waals surface area contributed by atoms with Crippen LogP contribution in [-0.4, -0.2) is 19.0 Å². The summed E-state index contributed by atoms with van der Waals surface area (Å²) in [5.74, 6) is 0. The molecule has 6 rings (SSSR count). The number of anilines is 4. The van der Waals surface area contributed by atoms with Gasteiger partial charge in [0.1, 0.15) is 0 Å². The van der Waals surface area contributed by atoms with Crippen LogP contribution in [0.3, 0.4) is 0 Å². The van der Waals surface area contributed by atoms with Gasteiger partial charge in [0, 0.05) is 36.9 Å². The van der Waals surface area contributed by atoms with Gasteiger partial charge in [-0.05, 0) is 38.0 Å². The number of hydrogen-bond acceptors (Lipinski definition) is 4. The number of hydrogen-bond donors (Lipinski definition) is 0. The van der Waals surface area contributed by atoms with Crippen LogP contribution in [0.1, 0.15) is 5.56 Å². The van der Waals surface area contributed by atoms with Crippen molar-refractivity contribution in [2.24, 2.45) is 0 Å². The minimum Gasteiger partial charge on any atom is -0.510 e. The van der Waals surface area contributed by atoms with Crippen LogP contribution in [-0.2, 0) is 19.8 Å². The van der Waals surface area contributed by atoms with Crippen LogP contribution in [0.15, 0.2) is 66.9 Å². The topological polar surface area (TPSA) is 13.0 Å². The summed E-state index contributed by atoms with van der Waals surface area (Å²) in [7, 11) is 4.15. The monoisotopic (exact) mass is 555 g/mol. The number of fused-ring (bicyclic) bond motifs is 7. The van der Waals surface area contributed by atoms with E-state index in [1.165, 1.54) is 33.8 Å². The van der Waals surface area contributed by atoms with E-state index in [4.69, 9.17) is 0 Å². The fourth-order valence-electron chi connectivity index (χ4n) is 4.33. The van der Waals surface area contributed by atoms with E-state index in [-0.39, 0.29) is 19.8 Å². The maximum atomic E-state index is 3.70. The number of para-hydroxylation sites is 2. The molecule has 146 valence electrons. The van der Waals surface area contributed by atoms with Crippen molar-refractivity contribution in [2.75, 3.05) is 28.8 Å². The average Bonchev–Trinajstić information content (AvgIpc) is 3.28. The second-order valence-corrected chi connectivity index (χ2v) is 7.40. The Hall–Kier alpha value is -2.76. The molecule has 0 bridgehead atoms. The van der Waals surface area contributed by atoms with Crippen molar-refractivity contribution in [3.05, 3.63) is 91.8 Å². The Morgan fingerprint density at radius 3 is 2.28 bits per heavy atom. The molecule has 3 aliphatic heterocycles. The Morgan fingerprint density at radius 2 is 1.45 bits per heavy atom. The molecule has 0 unspecified atom stereocenters. The maximum absolute atomic E-state index is 3.70. The zero-order valence-corrected chi connectivity index (χ0v) is 18.7. The summed E-state index contributed by atoms with van der Waals surface area (Å²) < 4.78 is 0. The fourth-order valence-corrected chi connectivity index (χ4v) is 4.33. The third kappa shape index (κ3) is 2.61. The molecule has 0 aromatic heterocycles. The second kappa shape index (κ2) is 6.64. The molecule has 3 aromatic rings. The van der Waals surface area contributed by atoms with Crippen LogP contribution in [0.4, 0.5) is 22.7 Å². The van der Waals surface area contributed by atoms with Crippen molar-refractivity contribution < 1.29 is 19.8 Å². The van der Waals surface area contributed by atoms with Crippen LogP contribution in [0, 0.1) is 19.4 Å². The predicted octanol–water partition coefficient (Wildman–Crippen LogP) is 5.04. The number of benzene rings is 3. The number of nitrogens with zero attached hydrogens (tertiary/aromatic N) is 4. The molecule has 3 aromatic carbocycles. The first kappa shape index (κ1) is 18.3. The van der Waals surface area contributed by atoms with Gasteiger partial charge in [0.2, 0.25) is 0 Å². The third-order valence-corrected chi connectivity index (χ3v) is 5.60. The van der Waals surface area contributed by atoms with Crippen molar-refractivity contribution in [3.63, 3.8) is 0 Å². The summed E-state index contributed by atoms with van der Waals surface area (Å²) in [5.41, 5.74) is 9.43. The van der Waals surface area contributed by atoms with Crippen LogP contribution < -0.4 is 14.7 Å². The van der Waals surface area contributed by atoms with E-state index < -0.39 is 0 Å². The number of rotatable bonds is 1. The summed E-state index contributed by atoms with van der Waals surface area (Å²) in [6.45, 7) is 4.24.